The van der Waals surface area contributed by atoms with Gasteiger partial charge < -0.3 is 34.4 Å². The van der Waals surface area contributed by atoms with Crippen LogP contribution in [0.25, 0.3) is 0 Å². The van der Waals surface area contributed by atoms with Crippen molar-refractivity contribution in [2.45, 2.75) is 193 Å². The normalized spacial score (nSPS) is 15.1. The van der Waals surface area contributed by atoms with E-state index >= 15 is 0 Å². The van der Waals surface area contributed by atoms with Crippen LogP contribution in [0.3, 0.4) is 0 Å². The third-order valence-electron chi connectivity index (χ3n) is 9.87. The smallest absolute Gasteiger partial charge is 0.462 e. The van der Waals surface area contributed by atoms with E-state index in [1.165, 1.54) is 70.6 Å². The van der Waals surface area contributed by atoms with Gasteiger partial charge >= 0.3 is 27.6 Å². The number of ether oxygens (including phenoxy) is 2. The van der Waals surface area contributed by atoms with Gasteiger partial charge in [-0.2, -0.15) is 0 Å². The first kappa shape index (κ1) is 62.5. The van der Waals surface area contributed by atoms with Crippen molar-refractivity contribution in [1.82, 2.24) is 0 Å². The summed E-state index contributed by atoms with van der Waals surface area (Å²) in [5.74, 6) is -0.341. The van der Waals surface area contributed by atoms with Gasteiger partial charge in [0.15, 0.2) is 6.10 Å². The van der Waals surface area contributed by atoms with Gasteiger partial charge in [-0.15, -0.1) is 0 Å². The molecule has 2 unspecified atom stereocenters. The molecular formula is C49H86O14P2. The SMILES string of the molecule is CC/C=C\CC(O)/C=C/C=C/C/C=C\C/C=C\C/C=C\CCC(=O)OC[C@H](COP(=O)(O)OC[C@@H](O)COP(=O)(O)O)OC(=O)CCCCCCCCCCCCCCCCCC(C)C. The number of rotatable bonds is 44. The van der Waals surface area contributed by atoms with Crippen molar-refractivity contribution >= 4 is 27.6 Å². The molecule has 0 spiro atoms. The molecule has 0 fully saturated rings. The number of aliphatic hydroxyl groups excluding tert-OH is 2. The van der Waals surface area contributed by atoms with Gasteiger partial charge in [-0.05, 0) is 50.9 Å². The fraction of sp³-hybridized carbons (Fsp3) is 0.714. The van der Waals surface area contributed by atoms with E-state index in [1.54, 1.807) is 6.08 Å². The molecule has 0 amide bonds. The van der Waals surface area contributed by atoms with E-state index in [0.717, 1.165) is 50.9 Å². The molecule has 65 heavy (non-hydrogen) atoms. The van der Waals surface area contributed by atoms with E-state index in [2.05, 4.69) is 42.0 Å². The fourth-order valence-corrected chi connectivity index (χ4v) is 7.39. The third-order valence-corrected chi connectivity index (χ3v) is 11.3. The largest absolute Gasteiger partial charge is 0.472 e. The fourth-order valence-electron chi connectivity index (χ4n) is 6.23. The molecule has 16 heteroatoms. The average molecular weight is 961 g/mol. The monoisotopic (exact) mass is 961 g/mol. The molecule has 0 aromatic heterocycles. The van der Waals surface area contributed by atoms with Gasteiger partial charge in [-0.3, -0.25) is 23.2 Å². The lowest BCUT2D eigenvalue weighted by Crippen LogP contribution is -2.29. The first-order valence-electron chi connectivity index (χ1n) is 24.1. The number of hydrogen-bond donors (Lipinski definition) is 5. The second-order valence-corrected chi connectivity index (χ2v) is 19.4. The predicted octanol–water partition coefficient (Wildman–Crippen LogP) is 11.8. The minimum atomic E-state index is -4.88. The maximum absolute atomic E-state index is 12.7. The van der Waals surface area contributed by atoms with E-state index in [4.69, 9.17) is 23.8 Å². The summed E-state index contributed by atoms with van der Waals surface area (Å²) in [6, 6.07) is 0. The Morgan fingerprint density at radius 1 is 0.554 bits per heavy atom. The maximum atomic E-state index is 12.7. The van der Waals surface area contributed by atoms with Crippen LogP contribution in [-0.4, -0.2) is 81.6 Å². The van der Waals surface area contributed by atoms with Gasteiger partial charge in [0.1, 0.15) is 12.7 Å². The van der Waals surface area contributed by atoms with Crippen molar-refractivity contribution in [1.29, 1.82) is 0 Å². The highest BCUT2D eigenvalue weighted by Gasteiger charge is 2.28. The van der Waals surface area contributed by atoms with Gasteiger partial charge in [0, 0.05) is 12.8 Å². The summed E-state index contributed by atoms with van der Waals surface area (Å²) >= 11 is 0. The van der Waals surface area contributed by atoms with Crippen LogP contribution in [0.2, 0.25) is 0 Å². The predicted molar refractivity (Wildman–Crippen MR) is 259 cm³/mol. The van der Waals surface area contributed by atoms with Gasteiger partial charge in [0.2, 0.25) is 0 Å². The summed E-state index contributed by atoms with van der Waals surface area (Å²) in [4.78, 5) is 52.8. The molecule has 0 saturated heterocycles. The summed E-state index contributed by atoms with van der Waals surface area (Å²) in [5.41, 5.74) is 0. The first-order chi connectivity index (χ1) is 31.1. The molecule has 0 aromatic rings. The number of phosphoric acid groups is 2. The highest BCUT2D eigenvalue weighted by molar-refractivity contribution is 7.47. The molecule has 0 radical (unpaired) electrons. The zero-order valence-corrected chi connectivity index (χ0v) is 41.6. The zero-order chi connectivity index (χ0) is 48.3. The van der Waals surface area contributed by atoms with E-state index < -0.39 is 72.3 Å². The van der Waals surface area contributed by atoms with Crippen molar-refractivity contribution in [3.63, 3.8) is 0 Å². The number of carbonyl (C=O) groups excluding carboxylic acids is 2. The number of aliphatic hydroxyl groups is 2. The van der Waals surface area contributed by atoms with Crippen LogP contribution in [0.15, 0.2) is 72.9 Å². The van der Waals surface area contributed by atoms with Crippen molar-refractivity contribution in [3.8, 4) is 0 Å². The van der Waals surface area contributed by atoms with E-state index in [-0.39, 0.29) is 12.8 Å². The Kier molecular flexibility index (Phi) is 41.2. The molecule has 376 valence electrons. The Balaban J connectivity index is 4.59. The van der Waals surface area contributed by atoms with E-state index in [0.29, 0.717) is 25.7 Å². The van der Waals surface area contributed by atoms with Crippen LogP contribution in [0.5, 0.6) is 0 Å². The number of esters is 2. The molecule has 4 atom stereocenters. The van der Waals surface area contributed by atoms with Crippen molar-refractivity contribution in [2.24, 2.45) is 5.92 Å². The molecule has 14 nitrogen and oxygen atoms in total. The number of hydrogen-bond acceptors (Lipinski definition) is 11. The lowest BCUT2D eigenvalue weighted by atomic mass is 10.0. The molecule has 0 aromatic carbocycles. The summed E-state index contributed by atoms with van der Waals surface area (Å²) in [5, 5.41) is 19.6. The molecule has 0 saturated carbocycles. The highest BCUT2D eigenvalue weighted by atomic mass is 31.2. The molecule has 0 heterocycles. The van der Waals surface area contributed by atoms with Crippen LogP contribution >= 0.6 is 15.6 Å². The lowest BCUT2D eigenvalue weighted by molar-refractivity contribution is -0.161. The van der Waals surface area contributed by atoms with Gasteiger partial charge in [-0.1, -0.05) is 190 Å². The van der Waals surface area contributed by atoms with Gasteiger partial charge in [0.25, 0.3) is 0 Å². The summed E-state index contributed by atoms with van der Waals surface area (Å²) in [6.45, 7) is 3.81. The average Bonchev–Trinajstić information content (AvgIpc) is 3.25. The second-order valence-electron chi connectivity index (χ2n) is 16.7. The minimum Gasteiger partial charge on any atom is -0.462 e. The highest BCUT2D eigenvalue weighted by Crippen LogP contribution is 2.43. The van der Waals surface area contributed by atoms with Gasteiger partial charge in [-0.25, -0.2) is 9.13 Å². The second kappa shape index (κ2) is 42.8. The van der Waals surface area contributed by atoms with Crippen LogP contribution in [-0.2, 0) is 41.8 Å². The van der Waals surface area contributed by atoms with Crippen LogP contribution < -0.4 is 0 Å². The van der Waals surface area contributed by atoms with Crippen LogP contribution in [0, 0.1) is 5.92 Å². The Bertz CT molecular complexity index is 1450. The molecule has 5 N–H and O–H groups in total. The molecule has 0 rings (SSSR count). The van der Waals surface area contributed by atoms with Gasteiger partial charge in [0.05, 0.1) is 25.9 Å². The number of unbranched alkanes of at least 4 members (excludes halogenated alkanes) is 14. The van der Waals surface area contributed by atoms with E-state index in [1.807, 2.05) is 54.7 Å². The molecule has 0 aliphatic carbocycles. The van der Waals surface area contributed by atoms with Crippen LogP contribution in [0.4, 0.5) is 0 Å². The lowest BCUT2D eigenvalue weighted by Gasteiger charge is -2.20. The van der Waals surface area contributed by atoms with Crippen LogP contribution in [0.1, 0.15) is 175 Å². The summed E-state index contributed by atoms with van der Waals surface area (Å²) < 4.78 is 47.8. The Hall–Kier alpha value is -2.48. The molecular weight excluding hydrogens is 874 g/mol. The maximum Gasteiger partial charge on any atom is 0.472 e. The Morgan fingerprint density at radius 2 is 1.06 bits per heavy atom. The Morgan fingerprint density at radius 3 is 1.62 bits per heavy atom. The number of phosphoric ester groups is 2. The Labute approximate surface area is 391 Å². The zero-order valence-electron chi connectivity index (χ0n) is 39.8. The van der Waals surface area contributed by atoms with Crippen molar-refractivity contribution < 1.29 is 66.7 Å². The molecule has 0 aliphatic rings. The standard InChI is InChI=1S/C49H86O14P2/c1-4-5-30-36-45(50)37-32-27-23-19-15-11-9-13-16-20-24-28-33-38-48(52)59-42-47(43-62-65(57,58)61-41-46(51)40-60-64(54,55)56)63-49(53)39-34-29-25-21-17-12-8-6-7-10-14-18-22-26-31-35-44(2)3/h5,11,13,15-16,23-24,27-28,30,32,37,44-47,50-51H,4,6-10,12,14,17-22,25-26,29,31,33-36,38-43H2,1-3H3,(H,57,58)(H2,54,55,56)/b15-11-,16-13-,27-23+,28-24-,30-5-,37-32+/t45?,46-,47+/m0/s1. The minimum absolute atomic E-state index is 0.0526. The molecule has 0 bridgehead atoms. The topological polar surface area (TPSA) is 216 Å². The first-order valence-corrected chi connectivity index (χ1v) is 27.1. The number of allylic oxidation sites excluding steroid dienone is 10. The quantitative estimate of drug-likeness (QED) is 0.0126. The third kappa shape index (κ3) is 47.8. The van der Waals surface area contributed by atoms with Crippen molar-refractivity contribution in [2.75, 3.05) is 26.4 Å². The number of carbonyl (C=O) groups is 2. The molecule has 0 aliphatic heterocycles. The van der Waals surface area contributed by atoms with E-state index in [9.17, 15) is 33.8 Å². The summed E-state index contributed by atoms with van der Waals surface area (Å²) in [7, 11) is -9.72. The van der Waals surface area contributed by atoms with Crippen molar-refractivity contribution in [3.05, 3.63) is 72.9 Å². The summed E-state index contributed by atoms with van der Waals surface area (Å²) in [6.07, 6.45) is 43.8.